The summed E-state index contributed by atoms with van der Waals surface area (Å²) in [5.74, 6) is 0.941. The van der Waals surface area contributed by atoms with Crippen LogP contribution in [0.5, 0.6) is 6.01 Å². The molecule has 19 heavy (non-hydrogen) atoms. The van der Waals surface area contributed by atoms with E-state index < -0.39 is 0 Å². The van der Waals surface area contributed by atoms with Crippen molar-refractivity contribution in [3.05, 3.63) is 5.28 Å². The van der Waals surface area contributed by atoms with Crippen LogP contribution < -0.4 is 10.1 Å². The highest BCUT2D eigenvalue weighted by Gasteiger charge is 2.05. The fourth-order valence-electron chi connectivity index (χ4n) is 1.22. The van der Waals surface area contributed by atoms with Gasteiger partial charge in [0.1, 0.15) is 6.61 Å². The van der Waals surface area contributed by atoms with Crippen LogP contribution in [0.4, 0.5) is 5.95 Å². The highest BCUT2D eigenvalue weighted by Crippen LogP contribution is 2.11. The predicted molar refractivity (Wildman–Crippen MR) is 74.8 cm³/mol. The van der Waals surface area contributed by atoms with Crippen LogP contribution in [0.2, 0.25) is 5.28 Å². The third-order valence-electron chi connectivity index (χ3n) is 2.03. The van der Waals surface area contributed by atoms with Crippen molar-refractivity contribution in [3.63, 3.8) is 0 Å². The first-order valence-electron chi connectivity index (χ1n) is 6.47. The Hall–Kier alpha value is -1.14. The van der Waals surface area contributed by atoms with Crippen LogP contribution in [0.25, 0.3) is 0 Å². The molecule has 0 saturated carbocycles. The number of rotatable bonds is 9. The molecule has 6 nitrogen and oxygen atoms in total. The normalized spacial score (nSPS) is 10.8. The molecular weight excluding hydrogens is 268 g/mol. The van der Waals surface area contributed by atoms with Gasteiger partial charge in [-0.15, -0.1) is 0 Å². The van der Waals surface area contributed by atoms with Crippen LogP contribution in [0, 0.1) is 5.92 Å². The summed E-state index contributed by atoms with van der Waals surface area (Å²) in [5.41, 5.74) is 0. The van der Waals surface area contributed by atoms with Crippen molar-refractivity contribution in [2.45, 2.75) is 27.2 Å². The molecule has 0 fully saturated rings. The maximum atomic E-state index is 5.80. The predicted octanol–water partition coefficient (Wildman–Crippen LogP) is 2.40. The first-order chi connectivity index (χ1) is 9.11. The second-order valence-electron chi connectivity index (χ2n) is 4.45. The van der Waals surface area contributed by atoms with Crippen LogP contribution in [0.15, 0.2) is 0 Å². The lowest BCUT2D eigenvalue weighted by Crippen LogP contribution is -2.13. The van der Waals surface area contributed by atoms with Crippen LogP contribution >= 0.6 is 11.6 Å². The zero-order valence-corrected chi connectivity index (χ0v) is 12.4. The Labute approximate surface area is 118 Å². The molecule has 0 unspecified atom stereocenters. The van der Waals surface area contributed by atoms with E-state index in [1.165, 1.54) is 0 Å². The molecule has 0 bridgehead atoms. The van der Waals surface area contributed by atoms with Crippen molar-refractivity contribution in [3.8, 4) is 6.01 Å². The Morgan fingerprint density at radius 1 is 1.21 bits per heavy atom. The van der Waals surface area contributed by atoms with Gasteiger partial charge < -0.3 is 14.8 Å². The Morgan fingerprint density at radius 2 is 2.00 bits per heavy atom. The molecule has 0 amide bonds. The molecule has 7 heteroatoms. The summed E-state index contributed by atoms with van der Waals surface area (Å²) in [5, 5.41) is 3.15. The third-order valence-corrected chi connectivity index (χ3v) is 2.20. The molecule has 0 aliphatic rings. The van der Waals surface area contributed by atoms with E-state index in [1.807, 2.05) is 0 Å². The van der Waals surface area contributed by atoms with Crippen LogP contribution in [-0.2, 0) is 4.74 Å². The lowest BCUT2D eigenvalue weighted by molar-refractivity contribution is 0.0791. The Morgan fingerprint density at radius 3 is 2.68 bits per heavy atom. The van der Waals surface area contributed by atoms with Gasteiger partial charge in [0.25, 0.3) is 0 Å². The number of nitrogens with zero attached hydrogens (tertiary/aromatic N) is 3. The third kappa shape index (κ3) is 7.12. The lowest BCUT2D eigenvalue weighted by atomic mass is 10.2. The van der Waals surface area contributed by atoms with Crippen molar-refractivity contribution < 1.29 is 9.47 Å². The van der Waals surface area contributed by atoms with Gasteiger partial charge in [-0.25, -0.2) is 0 Å². The number of aromatic nitrogens is 3. The average Bonchev–Trinajstić information content (AvgIpc) is 2.35. The van der Waals surface area contributed by atoms with Gasteiger partial charge in [0, 0.05) is 13.2 Å². The maximum Gasteiger partial charge on any atom is 0.322 e. The monoisotopic (exact) mass is 288 g/mol. The highest BCUT2D eigenvalue weighted by molar-refractivity contribution is 6.28. The number of hydrogen-bond donors (Lipinski definition) is 1. The Balaban J connectivity index is 2.38. The van der Waals surface area contributed by atoms with Gasteiger partial charge in [-0.2, -0.15) is 15.0 Å². The SMILES string of the molecule is CCCNc1nc(Cl)nc(OCCOCC(C)C)n1. The second kappa shape index (κ2) is 8.87. The van der Waals surface area contributed by atoms with Crippen molar-refractivity contribution in [2.75, 3.05) is 31.7 Å². The molecule has 0 atom stereocenters. The number of halogens is 1. The zero-order chi connectivity index (χ0) is 14.1. The van der Waals surface area contributed by atoms with Gasteiger partial charge in [0.05, 0.1) is 6.61 Å². The largest absolute Gasteiger partial charge is 0.461 e. The summed E-state index contributed by atoms with van der Waals surface area (Å²) < 4.78 is 10.8. The van der Waals surface area contributed by atoms with E-state index in [9.17, 15) is 0 Å². The molecular formula is C12H21ClN4O2. The van der Waals surface area contributed by atoms with Crippen LogP contribution in [0.1, 0.15) is 27.2 Å². The van der Waals surface area contributed by atoms with Crippen molar-refractivity contribution in [1.82, 2.24) is 15.0 Å². The molecule has 1 aromatic rings. The minimum atomic E-state index is 0.117. The molecule has 1 rings (SSSR count). The lowest BCUT2D eigenvalue weighted by Gasteiger charge is -2.08. The minimum absolute atomic E-state index is 0.117. The summed E-state index contributed by atoms with van der Waals surface area (Å²) in [7, 11) is 0. The first-order valence-corrected chi connectivity index (χ1v) is 6.85. The molecule has 0 aromatic carbocycles. The number of ether oxygens (including phenoxy) is 2. The molecule has 1 heterocycles. The van der Waals surface area contributed by atoms with Crippen LogP contribution in [0.3, 0.4) is 0 Å². The Bertz CT molecular complexity index is 377. The van der Waals surface area contributed by atoms with E-state index in [2.05, 4.69) is 41.0 Å². The standard InChI is InChI=1S/C12H21ClN4O2/c1-4-5-14-11-15-10(13)16-12(17-11)19-7-6-18-8-9(2)3/h9H,4-8H2,1-3H3,(H,14,15,16,17). The summed E-state index contributed by atoms with van der Waals surface area (Å²) in [6.45, 7) is 8.62. The van der Waals surface area contributed by atoms with Gasteiger partial charge in [-0.1, -0.05) is 20.8 Å². The maximum absolute atomic E-state index is 5.80. The summed E-state index contributed by atoms with van der Waals surface area (Å²) in [6.07, 6.45) is 0.975. The second-order valence-corrected chi connectivity index (χ2v) is 4.79. The van der Waals surface area contributed by atoms with Gasteiger partial charge in [0.15, 0.2) is 0 Å². The van der Waals surface area contributed by atoms with E-state index in [4.69, 9.17) is 21.1 Å². The van der Waals surface area contributed by atoms with Crippen molar-refractivity contribution >= 4 is 17.5 Å². The molecule has 1 aromatic heterocycles. The van der Waals surface area contributed by atoms with Gasteiger partial charge in [-0.3, -0.25) is 0 Å². The minimum Gasteiger partial charge on any atom is -0.461 e. The van der Waals surface area contributed by atoms with E-state index in [1.54, 1.807) is 0 Å². The molecule has 0 radical (unpaired) electrons. The van der Waals surface area contributed by atoms with E-state index in [0.717, 1.165) is 13.0 Å². The van der Waals surface area contributed by atoms with Crippen LogP contribution in [-0.4, -0.2) is 41.3 Å². The summed E-state index contributed by atoms with van der Waals surface area (Å²) in [4.78, 5) is 12.0. The fourth-order valence-corrected chi connectivity index (χ4v) is 1.38. The molecule has 108 valence electrons. The molecule has 0 saturated heterocycles. The number of nitrogens with one attached hydrogen (secondary N) is 1. The van der Waals surface area contributed by atoms with Gasteiger partial charge >= 0.3 is 6.01 Å². The first kappa shape index (κ1) is 15.9. The summed E-state index contributed by atoms with van der Waals surface area (Å²) >= 11 is 5.80. The van der Waals surface area contributed by atoms with E-state index in [0.29, 0.717) is 31.7 Å². The fraction of sp³-hybridized carbons (Fsp3) is 0.750. The van der Waals surface area contributed by atoms with Crippen molar-refractivity contribution in [2.24, 2.45) is 5.92 Å². The number of hydrogen-bond acceptors (Lipinski definition) is 6. The zero-order valence-electron chi connectivity index (χ0n) is 11.6. The summed E-state index contributed by atoms with van der Waals surface area (Å²) in [6, 6.07) is 0.215. The topological polar surface area (TPSA) is 69.2 Å². The molecule has 0 spiro atoms. The average molecular weight is 289 g/mol. The molecule has 1 N–H and O–H groups in total. The molecule has 0 aliphatic heterocycles. The number of anilines is 1. The Kier molecular flexibility index (Phi) is 7.43. The molecule has 0 aliphatic carbocycles. The highest BCUT2D eigenvalue weighted by atomic mass is 35.5. The van der Waals surface area contributed by atoms with E-state index in [-0.39, 0.29) is 11.3 Å². The smallest absolute Gasteiger partial charge is 0.322 e. The van der Waals surface area contributed by atoms with Crippen molar-refractivity contribution in [1.29, 1.82) is 0 Å². The van der Waals surface area contributed by atoms with Gasteiger partial charge in [-0.05, 0) is 23.9 Å². The van der Waals surface area contributed by atoms with Gasteiger partial charge in [0.2, 0.25) is 11.2 Å². The quantitative estimate of drug-likeness (QED) is 0.704. The van der Waals surface area contributed by atoms with E-state index >= 15 is 0 Å².